The Bertz CT molecular complexity index is 2020. The van der Waals surface area contributed by atoms with Crippen molar-refractivity contribution in [2.45, 2.75) is 71.7 Å². The number of hydrogen-bond donors (Lipinski definition) is 3. The number of anilines is 1. The normalized spacial score (nSPS) is 15.4. The molecule has 292 valence electrons. The number of piperazine rings is 1. The topological polar surface area (TPSA) is 164 Å². The molecule has 0 unspecified atom stereocenters. The molecule has 4 heterocycles. The Kier molecular flexibility index (Phi) is 12.1. The summed E-state index contributed by atoms with van der Waals surface area (Å²) in [6.45, 7) is 11.2. The molecule has 2 fully saturated rings. The van der Waals surface area contributed by atoms with Crippen LogP contribution in [0.15, 0.2) is 54.9 Å². The predicted molar refractivity (Wildman–Crippen MR) is 205 cm³/mol. The molecule has 16 heteroatoms. The molecule has 1 aliphatic heterocycles. The van der Waals surface area contributed by atoms with Crippen LogP contribution < -0.4 is 20.7 Å². The van der Waals surface area contributed by atoms with Gasteiger partial charge in [-0.1, -0.05) is 19.9 Å². The Labute approximate surface area is 322 Å². The van der Waals surface area contributed by atoms with Crippen molar-refractivity contribution in [1.82, 2.24) is 30.4 Å². The first-order chi connectivity index (χ1) is 26.2. The van der Waals surface area contributed by atoms with Crippen LogP contribution in [0, 0.1) is 11.7 Å². The van der Waals surface area contributed by atoms with Crippen molar-refractivity contribution in [2.24, 2.45) is 5.92 Å². The molecule has 1 saturated carbocycles. The van der Waals surface area contributed by atoms with Crippen LogP contribution in [0.4, 0.5) is 19.7 Å². The monoisotopic (exact) mass is 775 g/mol. The summed E-state index contributed by atoms with van der Waals surface area (Å²) in [5.74, 6) is -1.38. The minimum Gasteiger partial charge on any atom is -0.454 e. The number of nitrogens with one attached hydrogen (secondary N) is 3. The van der Waals surface area contributed by atoms with Gasteiger partial charge in [0.2, 0.25) is 0 Å². The fourth-order valence-corrected chi connectivity index (χ4v) is 6.85. The first-order valence-corrected chi connectivity index (χ1v) is 19.1. The summed E-state index contributed by atoms with van der Waals surface area (Å²) >= 11 is 1.44. The lowest BCUT2D eigenvalue weighted by molar-refractivity contribution is -0.155. The van der Waals surface area contributed by atoms with Gasteiger partial charge in [0.25, 0.3) is 5.91 Å². The highest BCUT2D eigenvalue weighted by Crippen LogP contribution is 2.39. The quantitative estimate of drug-likeness (QED) is 0.139. The number of benzene rings is 1. The van der Waals surface area contributed by atoms with Crippen molar-refractivity contribution >= 4 is 51.2 Å². The Morgan fingerprint density at radius 2 is 1.75 bits per heavy atom. The lowest BCUT2D eigenvalue weighted by atomic mass is 10.1. The smallest absolute Gasteiger partial charge is 0.408 e. The molecule has 3 N–H and O–H groups in total. The summed E-state index contributed by atoms with van der Waals surface area (Å²) in [6, 6.07) is 10.7. The van der Waals surface area contributed by atoms with Crippen molar-refractivity contribution in [1.29, 1.82) is 0 Å². The standard InChI is InChI=1S/C39H46FN7O7S/c1-23(2)34(45-38(51)54-39(3,4)5)36(49)52-22-33(48)47-16-14-46(15-17-47)21-24-6-10-28(42-20-24)32-19-29-35(55-32)31(12-13-41-29)53-30-11-9-26(18-27(30)40)44-37(50)43-25-7-8-25/h6,9-13,18-20,23,25,34H,7-8,14-17,21-22H2,1-5H3,(H,45,51)(H2,43,44,50)/t34-/m0/s1. The van der Waals surface area contributed by atoms with Crippen molar-refractivity contribution < 1.29 is 37.8 Å². The molecule has 14 nitrogen and oxygen atoms in total. The number of carbonyl (C=O) groups is 4. The number of ether oxygens (including phenoxy) is 3. The zero-order valence-electron chi connectivity index (χ0n) is 31.5. The van der Waals surface area contributed by atoms with Gasteiger partial charge in [0, 0.05) is 69.0 Å². The highest BCUT2D eigenvalue weighted by Gasteiger charge is 2.30. The summed E-state index contributed by atoms with van der Waals surface area (Å²) in [6.07, 6.45) is 4.62. The van der Waals surface area contributed by atoms with Gasteiger partial charge in [0.1, 0.15) is 17.4 Å². The van der Waals surface area contributed by atoms with E-state index in [0.29, 0.717) is 49.7 Å². The zero-order chi connectivity index (χ0) is 39.3. The summed E-state index contributed by atoms with van der Waals surface area (Å²) in [5.41, 5.74) is 2.07. The number of carbonyl (C=O) groups excluding carboxylic acids is 4. The van der Waals surface area contributed by atoms with Crippen LogP contribution in [-0.2, 0) is 25.6 Å². The highest BCUT2D eigenvalue weighted by atomic mass is 32.1. The molecule has 1 aromatic carbocycles. The summed E-state index contributed by atoms with van der Waals surface area (Å²) in [7, 11) is 0. The van der Waals surface area contributed by atoms with Gasteiger partial charge in [-0.2, -0.15) is 0 Å². The van der Waals surface area contributed by atoms with Gasteiger partial charge >= 0.3 is 18.1 Å². The number of fused-ring (bicyclic) bond motifs is 1. The third-order valence-electron chi connectivity index (χ3n) is 8.84. The number of halogens is 1. The van der Waals surface area contributed by atoms with E-state index in [1.54, 1.807) is 57.8 Å². The number of rotatable bonds is 12. The molecule has 0 bridgehead atoms. The van der Waals surface area contributed by atoms with Crippen molar-refractivity contribution in [3.05, 3.63) is 66.2 Å². The molecular formula is C39H46FN7O7S. The molecule has 0 spiro atoms. The molecule has 1 atom stereocenters. The first-order valence-electron chi connectivity index (χ1n) is 18.3. The Balaban J connectivity index is 0.983. The fourth-order valence-electron chi connectivity index (χ4n) is 5.81. The second-order valence-corrected chi connectivity index (χ2v) is 16.0. The number of urea groups is 1. The largest absolute Gasteiger partial charge is 0.454 e. The van der Waals surface area contributed by atoms with E-state index >= 15 is 0 Å². The molecule has 1 saturated heterocycles. The molecule has 6 rings (SSSR count). The van der Waals surface area contributed by atoms with Crippen molar-refractivity contribution in [3.63, 3.8) is 0 Å². The van der Waals surface area contributed by atoms with Gasteiger partial charge < -0.3 is 35.1 Å². The number of esters is 1. The second kappa shape index (κ2) is 17.0. The van der Waals surface area contributed by atoms with Crippen molar-refractivity contribution in [2.75, 3.05) is 38.1 Å². The van der Waals surface area contributed by atoms with Crippen LogP contribution in [0.25, 0.3) is 20.8 Å². The maximum atomic E-state index is 15.0. The molecule has 0 radical (unpaired) electrons. The maximum Gasteiger partial charge on any atom is 0.408 e. The van der Waals surface area contributed by atoms with Crippen LogP contribution in [0.2, 0.25) is 0 Å². The number of thiophene rings is 1. The SMILES string of the molecule is CC(C)[C@H](NC(=O)OC(C)(C)C)C(=O)OCC(=O)N1CCN(Cc2ccc(-c3cc4nccc(Oc5ccc(NC(=O)NC6CC6)cc5F)c4s3)nc2)CC1. The van der Waals surface area contributed by atoms with E-state index in [2.05, 4.69) is 25.8 Å². The minimum absolute atomic E-state index is 0.0242. The molecule has 4 aromatic rings. The van der Waals surface area contributed by atoms with E-state index in [0.717, 1.165) is 33.7 Å². The van der Waals surface area contributed by atoms with Crippen LogP contribution >= 0.6 is 11.3 Å². The number of pyridine rings is 2. The number of aromatic nitrogens is 2. The van der Waals surface area contributed by atoms with E-state index in [1.807, 2.05) is 24.4 Å². The van der Waals surface area contributed by atoms with E-state index < -0.39 is 36.1 Å². The third-order valence-corrected chi connectivity index (χ3v) is 10.00. The van der Waals surface area contributed by atoms with Gasteiger partial charge in [0.15, 0.2) is 18.2 Å². The van der Waals surface area contributed by atoms with Crippen LogP contribution in [0.3, 0.4) is 0 Å². The molecule has 4 amide bonds. The predicted octanol–water partition coefficient (Wildman–Crippen LogP) is 6.31. The van der Waals surface area contributed by atoms with E-state index in [9.17, 15) is 23.6 Å². The van der Waals surface area contributed by atoms with Gasteiger partial charge in [-0.05, 0) is 69.4 Å². The number of hydrogen-bond acceptors (Lipinski definition) is 11. The molecule has 1 aliphatic carbocycles. The van der Waals surface area contributed by atoms with Gasteiger partial charge in [-0.25, -0.2) is 18.8 Å². The third kappa shape index (κ3) is 10.9. The first kappa shape index (κ1) is 39.3. The van der Waals surface area contributed by atoms with Crippen LogP contribution in [-0.4, -0.2) is 94.2 Å². The Morgan fingerprint density at radius 3 is 2.40 bits per heavy atom. The van der Waals surface area contributed by atoms with E-state index in [-0.39, 0.29) is 29.6 Å². The van der Waals surface area contributed by atoms with Crippen LogP contribution in [0.5, 0.6) is 11.5 Å². The lowest BCUT2D eigenvalue weighted by Gasteiger charge is -2.34. The lowest BCUT2D eigenvalue weighted by Crippen LogP contribution is -2.50. The van der Waals surface area contributed by atoms with Crippen LogP contribution in [0.1, 0.15) is 53.0 Å². The number of amides is 4. The van der Waals surface area contributed by atoms with Gasteiger partial charge in [-0.15, -0.1) is 11.3 Å². The summed E-state index contributed by atoms with van der Waals surface area (Å²) in [5, 5.41) is 8.00. The molecule has 3 aromatic heterocycles. The fraction of sp³-hybridized carbons (Fsp3) is 0.436. The Morgan fingerprint density at radius 1 is 0.982 bits per heavy atom. The van der Waals surface area contributed by atoms with E-state index in [1.165, 1.54) is 23.5 Å². The average molecular weight is 776 g/mol. The highest BCUT2D eigenvalue weighted by molar-refractivity contribution is 7.22. The molecular weight excluding hydrogens is 730 g/mol. The minimum atomic E-state index is -0.946. The number of alkyl carbamates (subject to hydrolysis) is 1. The average Bonchev–Trinajstić information content (AvgIpc) is 3.83. The molecule has 2 aliphatic rings. The summed E-state index contributed by atoms with van der Waals surface area (Å²) < 4.78 is 32.3. The Hall–Kier alpha value is -5.35. The second-order valence-electron chi connectivity index (χ2n) is 14.9. The van der Waals surface area contributed by atoms with Gasteiger partial charge in [0.05, 0.1) is 20.8 Å². The molecule has 55 heavy (non-hydrogen) atoms. The summed E-state index contributed by atoms with van der Waals surface area (Å²) in [4.78, 5) is 63.8. The maximum absolute atomic E-state index is 15.0. The van der Waals surface area contributed by atoms with Gasteiger partial charge in [-0.3, -0.25) is 19.7 Å². The zero-order valence-corrected chi connectivity index (χ0v) is 32.3. The van der Waals surface area contributed by atoms with E-state index in [4.69, 9.17) is 19.2 Å². The number of nitrogens with zero attached hydrogens (tertiary/aromatic N) is 4. The van der Waals surface area contributed by atoms with Crippen molar-refractivity contribution in [3.8, 4) is 22.1 Å².